The number of nitrogens with zero attached hydrogens (tertiary/aromatic N) is 1. The largest absolute Gasteiger partial charge is 0.332 e. The van der Waals surface area contributed by atoms with E-state index in [1.165, 1.54) is 22.3 Å². The number of aryl methyl sites for hydroxylation is 2. The van der Waals surface area contributed by atoms with E-state index in [1.807, 2.05) is 0 Å². The van der Waals surface area contributed by atoms with Crippen molar-refractivity contribution < 1.29 is 13.2 Å². The molecule has 0 spiro atoms. The van der Waals surface area contributed by atoms with Gasteiger partial charge in [0, 0.05) is 24.7 Å². The molecule has 1 heterocycles. The Kier molecular flexibility index (Phi) is 5.16. The second-order valence-electron chi connectivity index (χ2n) is 8.20. The van der Waals surface area contributed by atoms with Crippen LogP contribution in [0.15, 0.2) is 6.07 Å². The van der Waals surface area contributed by atoms with E-state index in [2.05, 4.69) is 27.9 Å². The van der Waals surface area contributed by atoms with Gasteiger partial charge in [0.15, 0.2) is 0 Å². The van der Waals surface area contributed by atoms with Crippen LogP contribution in [-0.4, -0.2) is 44.7 Å². The van der Waals surface area contributed by atoms with Crippen LogP contribution in [0.25, 0.3) is 0 Å². The Labute approximate surface area is 161 Å². The number of sulfonamides is 1. The molecule has 2 aliphatic carbocycles. The minimum Gasteiger partial charge on any atom is -0.307 e. The highest BCUT2D eigenvalue weighted by atomic mass is 32.2. The number of fused-ring (bicyclic) bond motifs is 2. The first-order valence-corrected chi connectivity index (χ1v) is 11.8. The van der Waals surface area contributed by atoms with Crippen LogP contribution in [0.2, 0.25) is 0 Å². The number of benzene rings is 1. The summed E-state index contributed by atoms with van der Waals surface area (Å²) < 4.78 is 27.0. The molecule has 1 aromatic rings. The molecule has 27 heavy (non-hydrogen) atoms. The van der Waals surface area contributed by atoms with Crippen molar-refractivity contribution in [3.05, 3.63) is 28.3 Å². The van der Waals surface area contributed by atoms with E-state index in [0.29, 0.717) is 0 Å². The van der Waals surface area contributed by atoms with Crippen molar-refractivity contribution in [1.82, 2.24) is 9.62 Å². The highest BCUT2D eigenvalue weighted by Crippen LogP contribution is 2.38. The molecule has 1 aliphatic heterocycles. The highest BCUT2D eigenvalue weighted by Gasteiger charge is 2.31. The lowest BCUT2D eigenvalue weighted by Crippen LogP contribution is -2.51. The lowest BCUT2D eigenvalue weighted by Gasteiger charge is -2.38. The standard InChI is InChI=1S/C20H29N3O3S/c1-2-9-23-11-14(12-23)13-27(25,26)22-20(24)21-19-17-7-3-5-15(17)10-16-6-4-8-18(16)19/h10,14H,2-9,11-13H2,1H3,(H2,21,22,24). The molecule has 6 nitrogen and oxygen atoms in total. The Bertz CT molecular complexity index is 812. The summed E-state index contributed by atoms with van der Waals surface area (Å²) in [5.74, 6) is 0.137. The minimum absolute atomic E-state index is 0.0195. The maximum absolute atomic E-state index is 12.5. The van der Waals surface area contributed by atoms with Gasteiger partial charge in [0.2, 0.25) is 10.0 Å². The lowest BCUT2D eigenvalue weighted by atomic mass is 9.99. The first-order chi connectivity index (χ1) is 12.9. The Hall–Kier alpha value is -1.60. The summed E-state index contributed by atoms with van der Waals surface area (Å²) in [5.41, 5.74) is 5.93. The minimum atomic E-state index is -3.62. The first-order valence-electron chi connectivity index (χ1n) is 10.2. The highest BCUT2D eigenvalue weighted by molar-refractivity contribution is 7.90. The number of hydrogen-bond donors (Lipinski definition) is 2. The van der Waals surface area contributed by atoms with E-state index in [-0.39, 0.29) is 11.7 Å². The second-order valence-corrected chi connectivity index (χ2v) is 9.96. The molecule has 0 atom stereocenters. The van der Waals surface area contributed by atoms with Gasteiger partial charge in [0.1, 0.15) is 0 Å². The third-order valence-corrected chi connectivity index (χ3v) is 7.39. The molecule has 0 bridgehead atoms. The van der Waals surface area contributed by atoms with E-state index < -0.39 is 16.1 Å². The van der Waals surface area contributed by atoms with Crippen molar-refractivity contribution in [2.45, 2.75) is 51.9 Å². The number of rotatable bonds is 6. The zero-order valence-electron chi connectivity index (χ0n) is 16.0. The number of urea groups is 1. The summed E-state index contributed by atoms with van der Waals surface area (Å²) in [6, 6.07) is 1.68. The summed E-state index contributed by atoms with van der Waals surface area (Å²) in [6.07, 6.45) is 7.29. The molecule has 148 valence electrons. The smallest absolute Gasteiger partial charge is 0.307 e. The fourth-order valence-electron chi connectivity index (χ4n) is 4.88. The van der Waals surface area contributed by atoms with Crippen molar-refractivity contribution in [3.63, 3.8) is 0 Å². The average Bonchev–Trinajstić information content (AvgIpc) is 3.20. The predicted octanol–water partition coefficient (Wildman–Crippen LogP) is 2.46. The molecule has 0 radical (unpaired) electrons. The van der Waals surface area contributed by atoms with Crippen molar-refractivity contribution in [1.29, 1.82) is 0 Å². The average molecular weight is 392 g/mol. The third kappa shape index (κ3) is 3.99. The molecule has 1 aromatic carbocycles. The summed E-state index contributed by atoms with van der Waals surface area (Å²) in [4.78, 5) is 14.7. The van der Waals surface area contributed by atoms with Gasteiger partial charge in [0.05, 0.1) is 5.75 Å². The van der Waals surface area contributed by atoms with Gasteiger partial charge < -0.3 is 10.2 Å². The van der Waals surface area contributed by atoms with Crippen molar-refractivity contribution >= 4 is 21.7 Å². The van der Waals surface area contributed by atoms with E-state index in [1.54, 1.807) is 0 Å². The Morgan fingerprint density at radius 1 is 1.11 bits per heavy atom. The van der Waals surface area contributed by atoms with Gasteiger partial charge in [-0.15, -0.1) is 0 Å². The molecule has 0 unspecified atom stereocenters. The van der Waals surface area contributed by atoms with Crippen LogP contribution in [0.4, 0.5) is 10.5 Å². The van der Waals surface area contributed by atoms with Gasteiger partial charge in [-0.3, -0.25) is 0 Å². The van der Waals surface area contributed by atoms with Crippen molar-refractivity contribution in [2.75, 3.05) is 30.7 Å². The number of carbonyl (C=O) groups is 1. The molecular weight excluding hydrogens is 362 g/mol. The maximum atomic E-state index is 12.5. The Morgan fingerprint density at radius 2 is 1.74 bits per heavy atom. The number of likely N-dealkylation sites (tertiary alicyclic amines) is 1. The van der Waals surface area contributed by atoms with Crippen LogP contribution in [0.3, 0.4) is 0 Å². The predicted molar refractivity (Wildman–Crippen MR) is 107 cm³/mol. The zero-order chi connectivity index (χ0) is 19.0. The van der Waals surface area contributed by atoms with Crippen LogP contribution in [0, 0.1) is 5.92 Å². The topological polar surface area (TPSA) is 78.5 Å². The Morgan fingerprint density at radius 3 is 2.33 bits per heavy atom. The lowest BCUT2D eigenvalue weighted by molar-refractivity contribution is 0.115. The molecule has 3 aliphatic rings. The van der Waals surface area contributed by atoms with Gasteiger partial charge >= 0.3 is 6.03 Å². The van der Waals surface area contributed by atoms with E-state index >= 15 is 0 Å². The van der Waals surface area contributed by atoms with Crippen LogP contribution >= 0.6 is 0 Å². The van der Waals surface area contributed by atoms with Gasteiger partial charge in [-0.05, 0) is 73.7 Å². The number of amides is 2. The van der Waals surface area contributed by atoms with Gasteiger partial charge in [0.25, 0.3) is 0 Å². The molecule has 4 rings (SSSR count). The molecule has 1 saturated heterocycles. The molecule has 0 saturated carbocycles. The van der Waals surface area contributed by atoms with Gasteiger partial charge in [-0.1, -0.05) is 13.0 Å². The third-order valence-electron chi connectivity index (χ3n) is 5.99. The molecule has 1 fully saturated rings. The van der Waals surface area contributed by atoms with E-state index in [0.717, 1.165) is 70.3 Å². The fourth-order valence-corrected chi connectivity index (χ4v) is 6.13. The van der Waals surface area contributed by atoms with Crippen LogP contribution in [-0.2, 0) is 35.7 Å². The number of carbonyl (C=O) groups excluding carboxylic acids is 1. The normalized spacial score (nSPS) is 19.4. The maximum Gasteiger partial charge on any atom is 0.332 e. The molecule has 2 N–H and O–H groups in total. The molecule has 7 heteroatoms. The first kappa shape index (κ1) is 18.7. The molecule has 0 aromatic heterocycles. The van der Waals surface area contributed by atoms with Gasteiger partial charge in [-0.2, -0.15) is 0 Å². The van der Waals surface area contributed by atoms with Crippen molar-refractivity contribution in [2.24, 2.45) is 5.92 Å². The molecule has 2 amide bonds. The number of nitrogens with one attached hydrogen (secondary N) is 2. The summed E-state index contributed by atoms with van der Waals surface area (Å²) in [7, 11) is -3.62. The second kappa shape index (κ2) is 7.43. The number of hydrogen-bond acceptors (Lipinski definition) is 4. The quantitative estimate of drug-likeness (QED) is 0.781. The van der Waals surface area contributed by atoms with E-state index in [9.17, 15) is 13.2 Å². The zero-order valence-corrected chi connectivity index (χ0v) is 16.8. The van der Waals surface area contributed by atoms with E-state index in [4.69, 9.17) is 0 Å². The molecular formula is C20H29N3O3S. The Balaban J connectivity index is 1.40. The van der Waals surface area contributed by atoms with Gasteiger partial charge in [-0.25, -0.2) is 17.9 Å². The monoisotopic (exact) mass is 391 g/mol. The van der Waals surface area contributed by atoms with Crippen molar-refractivity contribution in [3.8, 4) is 0 Å². The van der Waals surface area contributed by atoms with Crippen LogP contribution in [0.5, 0.6) is 0 Å². The van der Waals surface area contributed by atoms with Crippen LogP contribution in [0.1, 0.15) is 48.4 Å². The summed E-state index contributed by atoms with van der Waals surface area (Å²) in [5, 5.41) is 2.90. The van der Waals surface area contributed by atoms with Crippen LogP contribution < -0.4 is 10.0 Å². The SMILES string of the molecule is CCCN1CC(CS(=O)(=O)NC(=O)Nc2c3c(cc4c2CCC4)CCC3)C1. The number of anilines is 1. The fraction of sp³-hybridized carbons (Fsp3) is 0.650. The summed E-state index contributed by atoms with van der Waals surface area (Å²) >= 11 is 0. The summed E-state index contributed by atoms with van der Waals surface area (Å²) in [6.45, 7) is 4.73.